The van der Waals surface area contributed by atoms with Crippen molar-refractivity contribution in [2.75, 3.05) is 0 Å². The van der Waals surface area contributed by atoms with Gasteiger partial charge in [0, 0.05) is 12.6 Å². The standard InChI is InChI=1S/C11H11NO2S/c1-6-4-10-9(5-8(6)7(2)13)12(3)11(14)15-10/h4-5H,1-3H3. The van der Waals surface area contributed by atoms with Gasteiger partial charge in [0.25, 0.3) is 0 Å². The summed E-state index contributed by atoms with van der Waals surface area (Å²) in [5.41, 5.74) is 2.45. The minimum absolute atomic E-state index is 0.00472. The highest BCUT2D eigenvalue weighted by molar-refractivity contribution is 7.16. The van der Waals surface area contributed by atoms with Gasteiger partial charge in [0.1, 0.15) is 0 Å². The highest BCUT2D eigenvalue weighted by Crippen LogP contribution is 2.21. The molecule has 0 bridgehead atoms. The second-order valence-corrected chi connectivity index (χ2v) is 4.61. The third-order valence-corrected chi connectivity index (χ3v) is 3.51. The van der Waals surface area contributed by atoms with E-state index in [2.05, 4.69) is 0 Å². The molecule has 0 aliphatic carbocycles. The molecule has 78 valence electrons. The Balaban J connectivity index is 2.89. The smallest absolute Gasteiger partial charge is 0.302 e. The lowest BCUT2D eigenvalue weighted by molar-refractivity contribution is 0.101. The largest absolute Gasteiger partial charge is 0.307 e. The number of nitrogens with zero attached hydrogens (tertiary/aromatic N) is 1. The summed E-state index contributed by atoms with van der Waals surface area (Å²) in [6, 6.07) is 3.70. The minimum atomic E-state index is 0.00472. The van der Waals surface area contributed by atoms with Crippen LogP contribution in [0, 0.1) is 6.92 Å². The summed E-state index contributed by atoms with van der Waals surface area (Å²) in [7, 11) is 1.72. The third kappa shape index (κ3) is 1.51. The molecule has 15 heavy (non-hydrogen) atoms. The van der Waals surface area contributed by atoms with Gasteiger partial charge in [-0.3, -0.25) is 9.59 Å². The van der Waals surface area contributed by atoms with Crippen LogP contribution in [-0.4, -0.2) is 10.4 Å². The van der Waals surface area contributed by atoms with Crippen LogP contribution < -0.4 is 4.87 Å². The quantitative estimate of drug-likeness (QED) is 0.692. The van der Waals surface area contributed by atoms with Gasteiger partial charge in [-0.1, -0.05) is 11.3 Å². The lowest BCUT2D eigenvalue weighted by atomic mass is 10.1. The molecule has 2 rings (SSSR count). The molecule has 0 spiro atoms. The van der Waals surface area contributed by atoms with Crippen LogP contribution in [0.1, 0.15) is 22.8 Å². The van der Waals surface area contributed by atoms with Crippen molar-refractivity contribution in [2.24, 2.45) is 7.05 Å². The Kier molecular flexibility index (Phi) is 2.23. The number of thiazole rings is 1. The molecule has 0 aliphatic rings. The van der Waals surface area contributed by atoms with E-state index in [1.54, 1.807) is 24.6 Å². The monoisotopic (exact) mass is 221 g/mol. The van der Waals surface area contributed by atoms with E-state index in [0.29, 0.717) is 5.56 Å². The Morgan fingerprint density at radius 2 is 2.07 bits per heavy atom. The summed E-state index contributed by atoms with van der Waals surface area (Å²) in [5, 5.41) is 0. The van der Waals surface area contributed by atoms with Crippen LogP contribution >= 0.6 is 11.3 Å². The maximum atomic E-state index is 11.4. The lowest BCUT2D eigenvalue weighted by Crippen LogP contribution is -2.07. The first-order chi connectivity index (χ1) is 7.00. The number of rotatable bonds is 1. The molecule has 0 N–H and O–H groups in total. The molecular weight excluding hydrogens is 210 g/mol. The fourth-order valence-electron chi connectivity index (χ4n) is 1.65. The maximum Gasteiger partial charge on any atom is 0.307 e. The number of Topliss-reactive ketones (excluding diaryl/α,β-unsaturated/α-hetero) is 1. The van der Waals surface area contributed by atoms with Gasteiger partial charge in [-0.15, -0.1) is 0 Å². The molecule has 0 fully saturated rings. The van der Waals surface area contributed by atoms with E-state index in [4.69, 9.17) is 0 Å². The molecule has 2 aromatic rings. The molecule has 0 saturated heterocycles. The molecular formula is C11H11NO2S. The SMILES string of the molecule is CC(=O)c1cc2c(cc1C)sc(=O)n2C. The van der Waals surface area contributed by atoms with Gasteiger partial charge in [-0.25, -0.2) is 0 Å². The van der Waals surface area contributed by atoms with Crippen molar-refractivity contribution in [3.05, 3.63) is 32.9 Å². The summed E-state index contributed by atoms with van der Waals surface area (Å²) in [6.07, 6.45) is 0. The van der Waals surface area contributed by atoms with Crippen LogP contribution in [0.25, 0.3) is 10.2 Å². The normalized spacial score (nSPS) is 10.9. The zero-order chi connectivity index (χ0) is 11.2. The summed E-state index contributed by atoms with van der Waals surface area (Å²) >= 11 is 1.21. The minimum Gasteiger partial charge on any atom is -0.302 e. The highest BCUT2D eigenvalue weighted by Gasteiger charge is 2.10. The second-order valence-electron chi connectivity index (χ2n) is 3.62. The van der Waals surface area contributed by atoms with Crippen molar-refractivity contribution in [2.45, 2.75) is 13.8 Å². The third-order valence-electron chi connectivity index (χ3n) is 2.52. The first-order valence-corrected chi connectivity index (χ1v) is 5.43. The van der Waals surface area contributed by atoms with Crippen LogP contribution in [0.5, 0.6) is 0 Å². The fraction of sp³-hybridized carbons (Fsp3) is 0.273. The van der Waals surface area contributed by atoms with E-state index in [1.165, 1.54) is 11.3 Å². The maximum absolute atomic E-state index is 11.4. The molecule has 0 atom stereocenters. The summed E-state index contributed by atoms with van der Waals surface area (Å²) in [4.78, 5) is 22.8. The van der Waals surface area contributed by atoms with Gasteiger partial charge in [0.05, 0.1) is 10.2 Å². The van der Waals surface area contributed by atoms with Crippen molar-refractivity contribution < 1.29 is 4.79 Å². The number of ketones is 1. The lowest BCUT2D eigenvalue weighted by Gasteiger charge is -2.02. The Morgan fingerprint density at radius 3 is 2.67 bits per heavy atom. The summed E-state index contributed by atoms with van der Waals surface area (Å²) in [5.74, 6) is 0.0352. The van der Waals surface area contributed by atoms with E-state index in [0.717, 1.165) is 15.8 Å². The average molecular weight is 221 g/mol. The number of carbonyl (C=O) groups is 1. The van der Waals surface area contributed by atoms with Crippen molar-refractivity contribution >= 4 is 27.3 Å². The molecule has 0 amide bonds. The van der Waals surface area contributed by atoms with Gasteiger partial charge in [0.2, 0.25) is 0 Å². The first-order valence-electron chi connectivity index (χ1n) is 4.62. The summed E-state index contributed by atoms with van der Waals surface area (Å²) in [6.45, 7) is 3.43. The zero-order valence-corrected chi connectivity index (χ0v) is 9.64. The van der Waals surface area contributed by atoms with Crippen molar-refractivity contribution in [1.29, 1.82) is 0 Å². The molecule has 1 heterocycles. The van der Waals surface area contributed by atoms with E-state index in [-0.39, 0.29) is 10.7 Å². The molecule has 0 aliphatic heterocycles. The Morgan fingerprint density at radius 1 is 1.40 bits per heavy atom. The Hall–Kier alpha value is -1.42. The molecule has 3 nitrogen and oxygen atoms in total. The molecule has 1 aromatic carbocycles. The second kappa shape index (κ2) is 3.31. The Labute approximate surface area is 91.0 Å². The topological polar surface area (TPSA) is 39.1 Å². The highest BCUT2D eigenvalue weighted by atomic mass is 32.1. The number of aromatic nitrogens is 1. The van der Waals surface area contributed by atoms with Crippen LogP contribution in [0.2, 0.25) is 0 Å². The van der Waals surface area contributed by atoms with Gasteiger partial charge in [0.15, 0.2) is 5.78 Å². The Bertz CT molecular complexity index is 607. The van der Waals surface area contributed by atoms with Gasteiger partial charge >= 0.3 is 4.87 Å². The van der Waals surface area contributed by atoms with Gasteiger partial charge < -0.3 is 4.57 Å². The molecule has 1 aromatic heterocycles. The van der Waals surface area contributed by atoms with Gasteiger partial charge in [-0.05, 0) is 31.5 Å². The van der Waals surface area contributed by atoms with Crippen molar-refractivity contribution in [1.82, 2.24) is 4.57 Å². The average Bonchev–Trinajstić information content (AvgIpc) is 2.41. The fourth-order valence-corrected chi connectivity index (χ4v) is 2.61. The predicted molar refractivity (Wildman–Crippen MR) is 61.8 cm³/mol. The number of aryl methyl sites for hydroxylation is 2. The van der Waals surface area contributed by atoms with E-state index in [1.807, 2.05) is 13.0 Å². The number of carbonyl (C=O) groups excluding carboxylic acids is 1. The number of benzene rings is 1. The van der Waals surface area contributed by atoms with Crippen molar-refractivity contribution in [3.63, 3.8) is 0 Å². The van der Waals surface area contributed by atoms with Crippen LogP contribution in [0.15, 0.2) is 16.9 Å². The van der Waals surface area contributed by atoms with Crippen LogP contribution in [0.3, 0.4) is 0 Å². The van der Waals surface area contributed by atoms with Gasteiger partial charge in [-0.2, -0.15) is 0 Å². The number of fused-ring (bicyclic) bond motifs is 1. The molecule has 4 heteroatoms. The predicted octanol–water partition coefficient (Wildman–Crippen LogP) is 2.11. The zero-order valence-electron chi connectivity index (χ0n) is 8.83. The van der Waals surface area contributed by atoms with Crippen molar-refractivity contribution in [3.8, 4) is 0 Å². The molecule has 0 saturated carbocycles. The molecule has 0 unspecified atom stereocenters. The first kappa shape index (κ1) is 10.1. The van der Waals surface area contributed by atoms with E-state index >= 15 is 0 Å². The van der Waals surface area contributed by atoms with E-state index in [9.17, 15) is 9.59 Å². The van der Waals surface area contributed by atoms with E-state index < -0.39 is 0 Å². The van der Waals surface area contributed by atoms with Crippen LogP contribution in [-0.2, 0) is 7.05 Å². The number of hydrogen-bond donors (Lipinski definition) is 0. The number of hydrogen-bond acceptors (Lipinski definition) is 3. The van der Waals surface area contributed by atoms with Crippen LogP contribution in [0.4, 0.5) is 0 Å². The summed E-state index contributed by atoms with van der Waals surface area (Å²) < 4.78 is 2.51. The molecule has 0 radical (unpaired) electrons.